The maximum Gasteiger partial charge on any atom is 0.184 e. The summed E-state index contributed by atoms with van der Waals surface area (Å²) in [6.07, 6.45) is 3.20. The van der Waals surface area contributed by atoms with Gasteiger partial charge in [-0.25, -0.2) is 0 Å². The number of rotatable bonds is 3. The van der Waals surface area contributed by atoms with Gasteiger partial charge in [-0.1, -0.05) is 6.08 Å². The van der Waals surface area contributed by atoms with Crippen molar-refractivity contribution in [3.8, 4) is 0 Å². The van der Waals surface area contributed by atoms with Crippen molar-refractivity contribution in [3.63, 3.8) is 0 Å². The fourth-order valence-corrected chi connectivity index (χ4v) is 1.51. The lowest BCUT2D eigenvalue weighted by Crippen LogP contribution is -2.18. The van der Waals surface area contributed by atoms with Crippen LogP contribution in [0.15, 0.2) is 12.7 Å². The molecule has 0 saturated carbocycles. The maximum absolute atomic E-state index is 9.14. The maximum atomic E-state index is 9.14. The van der Waals surface area contributed by atoms with Crippen molar-refractivity contribution in [2.24, 2.45) is 0 Å². The number of hydrogen-bond acceptors (Lipinski definition) is 3. The highest BCUT2D eigenvalue weighted by atomic mass is 16.7. The summed E-state index contributed by atoms with van der Waals surface area (Å²) >= 11 is 0. The molecule has 2 aliphatic heterocycles. The molecule has 1 N–H and O–H groups in total. The minimum absolute atomic E-state index is 0.0372. The molecule has 2 saturated heterocycles. The summed E-state index contributed by atoms with van der Waals surface area (Å²) in [6, 6.07) is 0. The molecule has 3 nitrogen and oxygen atoms in total. The zero-order valence-corrected chi connectivity index (χ0v) is 6.27. The summed E-state index contributed by atoms with van der Waals surface area (Å²) in [6.45, 7) is 3.62. The number of allylic oxidation sites excluding steroid dienone is 1. The quantitative estimate of drug-likeness (QED) is 0.476. The Kier molecular flexibility index (Phi) is 1.71. The van der Waals surface area contributed by atoms with Crippen molar-refractivity contribution in [1.29, 1.82) is 0 Å². The van der Waals surface area contributed by atoms with Crippen molar-refractivity contribution in [3.05, 3.63) is 12.7 Å². The van der Waals surface area contributed by atoms with Crippen LogP contribution in [-0.4, -0.2) is 29.7 Å². The van der Waals surface area contributed by atoms with E-state index in [1.807, 2.05) is 6.08 Å². The van der Waals surface area contributed by atoms with Gasteiger partial charge in [-0.15, -0.1) is 6.58 Å². The Labute approximate surface area is 65.6 Å². The minimum atomic E-state index is -0.685. The fraction of sp³-hybridized carbons (Fsp3) is 0.750. The predicted octanol–water partition coefficient (Wildman–Crippen LogP) is 0.437. The predicted molar refractivity (Wildman–Crippen MR) is 39.0 cm³/mol. The second-order valence-corrected chi connectivity index (χ2v) is 3.00. The van der Waals surface area contributed by atoms with Gasteiger partial charge in [0.1, 0.15) is 12.2 Å². The van der Waals surface area contributed by atoms with Gasteiger partial charge in [-0.05, 0) is 12.8 Å². The van der Waals surface area contributed by atoms with E-state index in [-0.39, 0.29) is 18.3 Å². The van der Waals surface area contributed by atoms with Gasteiger partial charge in [0.15, 0.2) is 6.29 Å². The van der Waals surface area contributed by atoms with Crippen LogP contribution in [0.1, 0.15) is 12.8 Å². The third kappa shape index (κ3) is 1.20. The Morgan fingerprint density at radius 1 is 1.36 bits per heavy atom. The molecule has 2 aliphatic rings. The normalized spacial score (nSPS) is 47.0. The minimum Gasteiger partial charge on any atom is -0.366 e. The highest BCUT2D eigenvalue weighted by molar-refractivity contribution is 4.99. The van der Waals surface area contributed by atoms with Crippen molar-refractivity contribution in [2.45, 2.75) is 37.4 Å². The van der Waals surface area contributed by atoms with Gasteiger partial charge >= 0.3 is 0 Å². The van der Waals surface area contributed by atoms with Gasteiger partial charge < -0.3 is 14.6 Å². The molecule has 11 heavy (non-hydrogen) atoms. The van der Waals surface area contributed by atoms with E-state index in [0.717, 1.165) is 12.8 Å². The number of ether oxygens (including phenoxy) is 2. The summed E-state index contributed by atoms with van der Waals surface area (Å²) < 4.78 is 10.4. The molecule has 2 heterocycles. The molecule has 0 amide bonds. The topological polar surface area (TPSA) is 42.0 Å². The largest absolute Gasteiger partial charge is 0.366 e. The highest BCUT2D eigenvalue weighted by Gasteiger charge is 2.57. The van der Waals surface area contributed by atoms with E-state index in [1.54, 1.807) is 0 Å². The summed E-state index contributed by atoms with van der Waals surface area (Å²) in [4.78, 5) is 0. The molecule has 0 aliphatic carbocycles. The molecule has 0 bridgehead atoms. The lowest BCUT2D eigenvalue weighted by molar-refractivity contribution is -0.141. The standard InChI is InChI=1S/C8H12O3/c1-2-3-4-5-6-7(11-6)8(9)10-5/h2,5-9H,1,3-4H2. The van der Waals surface area contributed by atoms with Crippen LogP contribution in [0.25, 0.3) is 0 Å². The lowest BCUT2D eigenvalue weighted by atomic mass is 10.1. The average Bonchev–Trinajstić information content (AvgIpc) is 2.71. The average molecular weight is 156 g/mol. The second-order valence-electron chi connectivity index (χ2n) is 3.00. The van der Waals surface area contributed by atoms with E-state index in [1.165, 1.54) is 0 Å². The Balaban J connectivity index is 1.82. The molecule has 62 valence electrons. The van der Waals surface area contributed by atoms with E-state index < -0.39 is 6.29 Å². The van der Waals surface area contributed by atoms with E-state index in [0.29, 0.717) is 0 Å². The smallest absolute Gasteiger partial charge is 0.184 e. The fourth-order valence-electron chi connectivity index (χ4n) is 1.51. The Morgan fingerprint density at radius 2 is 2.18 bits per heavy atom. The summed E-state index contributed by atoms with van der Waals surface area (Å²) in [7, 11) is 0. The molecular weight excluding hydrogens is 144 g/mol. The van der Waals surface area contributed by atoms with Crippen LogP contribution in [0.2, 0.25) is 0 Å². The number of hydrogen-bond donors (Lipinski definition) is 1. The summed E-state index contributed by atoms with van der Waals surface area (Å²) in [5, 5.41) is 9.14. The van der Waals surface area contributed by atoms with E-state index in [2.05, 4.69) is 6.58 Å². The molecule has 0 radical (unpaired) electrons. The number of aliphatic hydroxyl groups is 1. The first kappa shape index (κ1) is 7.28. The van der Waals surface area contributed by atoms with Crippen LogP contribution < -0.4 is 0 Å². The number of fused-ring (bicyclic) bond motifs is 1. The van der Waals surface area contributed by atoms with Crippen molar-refractivity contribution < 1.29 is 14.6 Å². The summed E-state index contributed by atoms with van der Waals surface area (Å²) in [5.74, 6) is 0. The highest BCUT2D eigenvalue weighted by Crippen LogP contribution is 2.39. The lowest BCUT2D eigenvalue weighted by Gasteiger charge is -2.12. The van der Waals surface area contributed by atoms with Crippen LogP contribution in [0, 0.1) is 0 Å². The SMILES string of the molecule is C=CCCC1OC(O)C2OC12. The van der Waals surface area contributed by atoms with Crippen molar-refractivity contribution in [2.75, 3.05) is 0 Å². The zero-order valence-electron chi connectivity index (χ0n) is 6.27. The van der Waals surface area contributed by atoms with E-state index in [9.17, 15) is 0 Å². The van der Waals surface area contributed by atoms with Gasteiger partial charge in [0, 0.05) is 0 Å². The van der Waals surface area contributed by atoms with Gasteiger partial charge in [0.2, 0.25) is 0 Å². The van der Waals surface area contributed by atoms with Crippen molar-refractivity contribution in [1.82, 2.24) is 0 Å². The molecule has 0 spiro atoms. The molecule has 4 unspecified atom stereocenters. The van der Waals surface area contributed by atoms with Crippen LogP contribution >= 0.6 is 0 Å². The van der Waals surface area contributed by atoms with Gasteiger partial charge in [-0.2, -0.15) is 0 Å². The van der Waals surface area contributed by atoms with Crippen LogP contribution in [0.3, 0.4) is 0 Å². The third-order valence-electron chi connectivity index (χ3n) is 2.18. The second kappa shape index (κ2) is 2.59. The molecule has 0 aromatic heterocycles. The molecule has 4 atom stereocenters. The van der Waals surface area contributed by atoms with Crippen LogP contribution in [0.4, 0.5) is 0 Å². The first-order chi connectivity index (χ1) is 5.33. The molecule has 0 aromatic rings. The number of aliphatic hydroxyl groups excluding tert-OH is 1. The Morgan fingerprint density at radius 3 is 2.64 bits per heavy atom. The van der Waals surface area contributed by atoms with Crippen molar-refractivity contribution >= 4 is 0 Å². The molecule has 2 fully saturated rings. The Hall–Kier alpha value is -0.380. The van der Waals surface area contributed by atoms with Gasteiger partial charge in [0.25, 0.3) is 0 Å². The first-order valence-electron chi connectivity index (χ1n) is 3.93. The zero-order chi connectivity index (χ0) is 7.84. The van der Waals surface area contributed by atoms with Gasteiger partial charge in [-0.3, -0.25) is 0 Å². The Bertz CT molecular complexity index is 169. The molecule has 0 aromatic carbocycles. The monoisotopic (exact) mass is 156 g/mol. The van der Waals surface area contributed by atoms with E-state index >= 15 is 0 Å². The van der Waals surface area contributed by atoms with E-state index in [4.69, 9.17) is 14.6 Å². The first-order valence-corrected chi connectivity index (χ1v) is 3.93. The van der Waals surface area contributed by atoms with Crippen LogP contribution in [0.5, 0.6) is 0 Å². The van der Waals surface area contributed by atoms with Crippen LogP contribution in [-0.2, 0) is 9.47 Å². The molecule has 2 rings (SSSR count). The molecular formula is C8H12O3. The number of epoxide rings is 1. The third-order valence-corrected chi connectivity index (χ3v) is 2.18. The summed E-state index contributed by atoms with van der Waals surface area (Å²) in [5.41, 5.74) is 0. The van der Waals surface area contributed by atoms with Gasteiger partial charge in [0.05, 0.1) is 6.10 Å². The molecule has 3 heteroatoms.